The minimum atomic E-state index is 0.571. The van der Waals surface area contributed by atoms with E-state index < -0.39 is 0 Å². The van der Waals surface area contributed by atoms with Crippen LogP contribution in [0.2, 0.25) is 5.02 Å². The second-order valence-electron chi connectivity index (χ2n) is 4.19. The Kier molecular flexibility index (Phi) is 4.81. The Morgan fingerprint density at radius 3 is 2.75 bits per heavy atom. The highest BCUT2D eigenvalue weighted by molar-refractivity contribution is 6.30. The van der Waals surface area contributed by atoms with Crippen LogP contribution in [-0.4, -0.2) is 6.61 Å². The molecule has 0 atom stereocenters. The van der Waals surface area contributed by atoms with E-state index in [1.54, 1.807) is 12.1 Å². The molecular formula is C17H14ClNO. The molecule has 2 aromatic rings. The Bertz CT molecular complexity index is 671. The van der Waals surface area contributed by atoms with Crippen molar-refractivity contribution in [1.82, 2.24) is 0 Å². The third kappa shape index (κ3) is 3.63. The van der Waals surface area contributed by atoms with E-state index >= 15 is 0 Å². The number of nitrogens with zero attached hydrogens (tertiary/aromatic N) is 1. The molecule has 20 heavy (non-hydrogen) atoms. The van der Waals surface area contributed by atoms with Crippen LogP contribution in [0.15, 0.2) is 48.5 Å². The number of ether oxygens (including phenoxy) is 1. The van der Waals surface area contributed by atoms with Gasteiger partial charge in [-0.25, -0.2) is 0 Å². The highest BCUT2D eigenvalue weighted by Gasteiger charge is 2.02. The second-order valence-corrected chi connectivity index (χ2v) is 4.62. The molecule has 0 aromatic heterocycles. The number of allylic oxidation sites excluding steroid dienone is 1. The molecule has 0 bridgehead atoms. The van der Waals surface area contributed by atoms with E-state index in [0.29, 0.717) is 17.2 Å². The van der Waals surface area contributed by atoms with E-state index in [0.717, 1.165) is 16.9 Å². The summed E-state index contributed by atoms with van der Waals surface area (Å²) in [6.07, 6.45) is 1.83. The summed E-state index contributed by atoms with van der Waals surface area (Å²) in [4.78, 5) is 0. The zero-order valence-electron chi connectivity index (χ0n) is 11.1. The monoisotopic (exact) mass is 283 g/mol. The molecule has 3 heteroatoms. The summed E-state index contributed by atoms with van der Waals surface area (Å²) in [5.74, 6) is 0.796. The molecule has 0 amide bonds. The summed E-state index contributed by atoms with van der Waals surface area (Å²) in [5.41, 5.74) is 2.30. The third-order valence-corrected chi connectivity index (χ3v) is 2.97. The van der Waals surface area contributed by atoms with Crippen LogP contribution in [0.4, 0.5) is 0 Å². The van der Waals surface area contributed by atoms with Crippen molar-refractivity contribution < 1.29 is 4.74 Å². The first-order valence-electron chi connectivity index (χ1n) is 6.33. The molecule has 0 heterocycles. The molecule has 100 valence electrons. The molecule has 0 N–H and O–H groups in total. The van der Waals surface area contributed by atoms with Gasteiger partial charge in [0, 0.05) is 5.02 Å². The van der Waals surface area contributed by atoms with Crippen molar-refractivity contribution in [2.45, 2.75) is 6.92 Å². The number of halogens is 1. The minimum Gasteiger partial charge on any atom is -0.494 e. The summed E-state index contributed by atoms with van der Waals surface area (Å²) in [6, 6.07) is 17.1. The lowest BCUT2D eigenvalue weighted by atomic mass is 10.0. The van der Waals surface area contributed by atoms with Crippen LogP contribution >= 0.6 is 11.6 Å². The lowest BCUT2D eigenvalue weighted by Gasteiger charge is -2.04. The molecule has 0 spiro atoms. The number of hydrogen-bond acceptors (Lipinski definition) is 2. The van der Waals surface area contributed by atoms with Gasteiger partial charge in [0.25, 0.3) is 0 Å². The van der Waals surface area contributed by atoms with Crippen molar-refractivity contribution in [3.8, 4) is 11.8 Å². The number of hydrogen-bond donors (Lipinski definition) is 0. The number of rotatable bonds is 4. The van der Waals surface area contributed by atoms with Crippen LogP contribution in [-0.2, 0) is 0 Å². The molecule has 2 nitrogen and oxygen atoms in total. The molecule has 0 unspecified atom stereocenters. The van der Waals surface area contributed by atoms with Gasteiger partial charge in [-0.3, -0.25) is 0 Å². The fourth-order valence-electron chi connectivity index (χ4n) is 1.86. The largest absolute Gasteiger partial charge is 0.494 e. The standard InChI is InChI=1S/C17H14ClNO/c1-2-20-17-8-3-5-13(10-17)9-15(12-19)14-6-4-7-16(18)11-14/h3-11H,2H2,1H3/b15-9-. The van der Waals surface area contributed by atoms with E-state index in [-0.39, 0.29) is 0 Å². The molecule has 0 saturated carbocycles. The number of nitriles is 1. The molecule has 0 radical (unpaired) electrons. The zero-order chi connectivity index (χ0) is 14.4. The van der Waals surface area contributed by atoms with Crippen LogP contribution < -0.4 is 4.74 Å². The first-order valence-corrected chi connectivity index (χ1v) is 6.71. The highest BCUT2D eigenvalue weighted by atomic mass is 35.5. The molecule has 0 aliphatic heterocycles. The van der Waals surface area contributed by atoms with E-state index in [2.05, 4.69) is 6.07 Å². The van der Waals surface area contributed by atoms with E-state index in [9.17, 15) is 5.26 Å². The second kappa shape index (κ2) is 6.79. The van der Waals surface area contributed by atoms with Crippen molar-refractivity contribution in [2.24, 2.45) is 0 Å². The lowest BCUT2D eigenvalue weighted by Crippen LogP contribution is -1.91. The van der Waals surface area contributed by atoms with Gasteiger partial charge in [0.2, 0.25) is 0 Å². The summed E-state index contributed by atoms with van der Waals surface area (Å²) in [7, 11) is 0. The van der Waals surface area contributed by atoms with Crippen molar-refractivity contribution >= 4 is 23.3 Å². The van der Waals surface area contributed by atoms with Crippen molar-refractivity contribution in [3.05, 3.63) is 64.7 Å². The molecule has 0 aliphatic carbocycles. The predicted octanol–water partition coefficient (Wildman–Crippen LogP) is 4.80. The quantitative estimate of drug-likeness (QED) is 0.596. The van der Waals surface area contributed by atoms with Gasteiger partial charge in [-0.2, -0.15) is 5.26 Å². The van der Waals surface area contributed by atoms with E-state index in [4.69, 9.17) is 16.3 Å². The SMILES string of the molecule is CCOc1cccc(/C=C(/C#N)c2cccc(Cl)c2)c1. The fourth-order valence-corrected chi connectivity index (χ4v) is 2.05. The van der Waals surface area contributed by atoms with Gasteiger partial charge >= 0.3 is 0 Å². The normalized spacial score (nSPS) is 10.9. The number of benzene rings is 2. The van der Waals surface area contributed by atoms with Gasteiger partial charge in [-0.1, -0.05) is 35.9 Å². The summed E-state index contributed by atoms with van der Waals surface area (Å²) >= 11 is 5.96. The van der Waals surface area contributed by atoms with E-state index in [1.165, 1.54) is 0 Å². The molecule has 2 rings (SSSR count). The average Bonchev–Trinajstić information content (AvgIpc) is 2.45. The molecule has 2 aromatic carbocycles. The van der Waals surface area contributed by atoms with Gasteiger partial charge in [0.1, 0.15) is 5.75 Å². The Balaban J connectivity index is 2.36. The predicted molar refractivity (Wildman–Crippen MR) is 82.5 cm³/mol. The van der Waals surface area contributed by atoms with Crippen molar-refractivity contribution in [2.75, 3.05) is 6.61 Å². The van der Waals surface area contributed by atoms with E-state index in [1.807, 2.05) is 49.4 Å². The van der Waals surface area contributed by atoms with Crippen LogP contribution in [0.3, 0.4) is 0 Å². The maximum Gasteiger partial charge on any atom is 0.119 e. The van der Waals surface area contributed by atoms with Gasteiger partial charge in [0.15, 0.2) is 0 Å². The highest BCUT2D eigenvalue weighted by Crippen LogP contribution is 2.22. The van der Waals surface area contributed by atoms with Crippen molar-refractivity contribution in [1.29, 1.82) is 5.26 Å². The first kappa shape index (κ1) is 14.2. The van der Waals surface area contributed by atoms with Gasteiger partial charge in [0.05, 0.1) is 18.2 Å². The molecule has 0 aliphatic rings. The Labute approximate surface area is 123 Å². The first-order chi connectivity index (χ1) is 9.72. The van der Waals surface area contributed by atoms with Crippen molar-refractivity contribution in [3.63, 3.8) is 0 Å². The summed E-state index contributed by atoms with van der Waals surface area (Å²) in [6.45, 7) is 2.56. The van der Waals surface area contributed by atoms with Crippen LogP contribution in [0.1, 0.15) is 18.1 Å². The smallest absolute Gasteiger partial charge is 0.119 e. The van der Waals surface area contributed by atoms with Gasteiger partial charge in [-0.15, -0.1) is 0 Å². The fraction of sp³-hybridized carbons (Fsp3) is 0.118. The third-order valence-electron chi connectivity index (χ3n) is 2.74. The Morgan fingerprint density at radius 1 is 1.25 bits per heavy atom. The van der Waals surface area contributed by atoms with Crippen LogP contribution in [0, 0.1) is 11.3 Å². The lowest BCUT2D eigenvalue weighted by molar-refractivity contribution is 0.340. The maximum absolute atomic E-state index is 9.31. The Hall–Kier alpha value is -2.24. The molecular weight excluding hydrogens is 270 g/mol. The van der Waals surface area contributed by atoms with Gasteiger partial charge < -0.3 is 4.74 Å². The topological polar surface area (TPSA) is 33.0 Å². The minimum absolute atomic E-state index is 0.571. The molecule has 0 fully saturated rings. The van der Waals surface area contributed by atoms with Crippen LogP contribution in [0.5, 0.6) is 5.75 Å². The van der Waals surface area contributed by atoms with Gasteiger partial charge in [-0.05, 0) is 48.4 Å². The Morgan fingerprint density at radius 2 is 2.05 bits per heavy atom. The average molecular weight is 284 g/mol. The summed E-state index contributed by atoms with van der Waals surface area (Å²) < 4.78 is 5.45. The molecule has 0 saturated heterocycles. The maximum atomic E-state index is 9.31. The zero-order valence-corrected chi connectivity index (χ0v) is 11.9. The summed E-state index contributed by atoms with van der Waals surface area (Å²) in [5, 5.41) is 9.93. The van der Waals surface area contributed by atoms with Crippen LogP contribution in [0.25, 0.3) is 11.6 Å².